The van der Waals surface area contributed by atoms with Crippen molar-refractivity contribution in [1.29, 1.82) is 0 Å². The number of halogens is 2. The van der Waals surface area contributed by atoms with E-state index in [0.717, 1.165) is 36.0 Å². The third kappa shape index (κ3) is 7.02. The topological polar surface area (TPSA) is 59.9 Å². The predicted octanol–water partition coefficient (Wildman–Crippen LogP) is 9.28. The van der Waals surface area contributed by atoms with Crippen LogP contribution in [0.3, 0.4) is 0 Å². The Kier molecular flexibility index (Phi) is 8.99. The molecule has 1 aliphatic rings. The van der Waals surface area contributed by atoms with Crippen molar-refractivity contribution in [1.82, 2.24) is 0 Å². The number of rotatable bonds is 8. The Labute approximate surface area is 255 Å². The minimum Gasteiger partial charge on any atom is -0.493 e. The standard InChI is InChI=1S/C34H34ClFN2O3S/c1-34(2,3)23-8-15-27-30(18-23)42-33(31(27)32(39)38-26-13-9-24(35)10-14-26)37-19-22-7-16-28(29(17-22)40-4)41-20-21-5-11-25(36)12-6-21/h5-7,9-14,16-17,19,23H,8,15,18,20H2,1-4H3,(H,38,39)/t23-/m0/s1. The number of thiophene rings is 1. The minimum absolute atomic E-state index is 0.168. The van der Waals surface area contributed by atoms with Crippen LogP contribution in [-0.4, -0.2) is 19.2 Å². The Bertz CT molecular complexity index is 1590. The average Bonchev–Trinajstić information content (AvgIpc) is 3.34. The third-order valence-electron chi connectivity index (χ3n) is 7.63. The summed E-state index contributed by atoms with van der Waals surface area (Å²) in [6, 6.07) is 18.9. The van der Waals surface area contributed by atoms with E-state index in [1.165, 1.54) is 17.0 Å². The van der Waals surface area contributed by atoms with Gasteiger partial charge in [0.1, 0.15) is 17.4 Å². The molecule has 4 aromatic rings. The van der Waals surface area contributed by atoms with Crippen molar-refractivity contribution in [2.75, 3.05) is 12.4 Å². The zero-order chi connectivity index (χ0) is 29.9. The van der Waals surface area contributed by atoms with Crippen LogP contribution in [0.25, 0.3) is 0 Å². The highest BCUT2D eigenvalue weighted by atomic mass is 35.5. The third-order valence-corrected chi connectivity index (χ3v) is 9.04. The van der Waals surface area contributed by atoms with Gasteiger partial charge in [0.05, 0.1) is 12.7 Å². The fourth-order valence-electron chi connectivity index (χ4n) is 5.12. The van der Waals surface area contributed by atoms with E-state index in [9.17, 15) is 9.18 Å². The van der Waals surface area contributed by atoms with E-state index in [2.05, 4.69) is 26.1 Å². The molecule has 0 bridgehead atoms. The maximum Gasteiger partial charge on any atom is 0.259 e. The molecule has 0 aliphatic heterocycles. The number of anilines is 1. The number of carbonyl (C=O) groups excluding carboxylic acids is 1. The van der Waals surface area contributed by atoms with Crippen molar-refractivity contribution in [2.24, 2.45) is 16.3 Å². The summed E-state index contributed by atoms with van der Waals surface area (Å²) in [5, 5.41) is 4.34. The number of hydrogen-bond donors (Lipinski definition) is 1. The maximum atomic E-state index is 13.6. The second-order valence-electron chi connectivity index (χ2n) is 11.5. The molecule has 1 N–H and O–H groups in total. The highest BCUT2D eigenvalue weighted by Crippen LogP contribution is 2.45. The van der Waals surface area contributed by atoms with Gasteiger partial charge in [-0.05, 0) is 102 Å². The van der Waals surface area contributed by atoms with Gasteiger partial charge >= 0.3 is 0 Å². The molecule has 0 unspecified atom stereocenters. The molecule has 0 saturated heterocycles. The Morgan fingerprint density at radius 2 is 1.83 bits per heavy atom. The summed E-state index contributed by atoms with van der Waals surface area (Å²) in [5.41, 5.74) is 4.27. The largest absolute Gasteiger partial charge is 0.493 e. The summed E-state index contributed by atoms with van der Waals surface area (Å²) in [4.78, 5) is 19.7. The second kappa shape index (κ2) is 12.7. The lowest BCUT2D eigenvalue weighted by atomic mass is 9.72. The Hall–Kier alpha value is -3.68. The van der Waals surface area contributed by atoms with Crippen LogP contribution in [0.1, 0.15) is 59.1 Å². The zero-order valence-electron chi connectivity index (χ0n) is 24.2. The molecule has 5 rings (SSSR count). The highest BCUT2D eigenvalue weighted by Gasteiger charge is 2.33. The van der Waals surface area contributed by atoms with Crippen molar-refractivity contribution in [3.63, 3.8) is 0 Å². The molecule has 1 aliphatic carbocycles. The monoisotopic (exact) mass is 604 g/mol. The van der Waals surface area contributed by atoms with Gasteiger partial charge in [0.15, 0.2) is 11.5 Å². The van der Waals surface area contributed by atoms with Gasteiger partial charge < -0.3 is 14.8 Å². The number of amides is 1. The molecule has 42 heavy (non-hydrogen) atoms. The first-order valence-electron chi connectivity index (χ1n) is 13.9. The first-order valence-corrected chi connectivity index (χ1v) is 15.1. The number of nitrogens with zero attached hydrogens (tertiary/aromatic N) is 1. The van der Waals surface area contributed by atoms with Gasteiger partial charge in [-0.2, -0.15) is 0 Å². The summed E-state index contributed by atoms with van der Waals surface area (Å²) in [6.45, 7) is 7.13. The maximum absolute atomic E-state index is 13.6. The van der Waals surface area contributed by atoms with E-state index in [0.29, 0.717) is 38.7 Å². The van der Waals surface area contributed by atoms with Gasteiger partial charge in [-0.3, -0.25) is 4.79 Å². The van der Waals surface area contributed by atoms with Crippen molar-refractivity contribution in [3.05, 3.63) is 105 Å². The molecular formula is C34H34ClFN2O3S. The van der Waals surface area contributed by atoms with Gasteiger partial charge in [-0.15, -0.1) is 11.3 Å². The quantitative estimate of drug-likeness (QED) is 0.204. The van der Waals surface area contributed by atoms with Crippen LogP contribution in [0.2, 0.25) is 5.02 Å². The summed E-state index contributed by atoms with van der Waals surface area (Å²) in [5.74, 6) is 1.21. The zero-order valence-corrected chi connectivity index (χ0v) is 25.7. The molecule has 1 aromatic heterocycles. The van der Waals surface area contributed by atoms with Crippen LogP contribution in [0.5, 0.6) is 11.5 Å². The van der Waals surface area contributed by atoms with Crippen LogP contribution in [0, 0.1) is 17.2 Å². The Morgan fingerprint density at radius 1 is 1.10 bits per heavy atom. The highest BCUT2D eigenvalue weighted by molar-refractivity contribution is 7.16. The molecule has 0 spiro atoms. The lowest BCUT2D eigenvalue weighted by molar-refractivity contribution is 0.102. The van der Waals surface area contributed by atoms with Gasteiger partial charge in [-0.1, -0.05) is 44.5 Å². The number of methoxy groups -OCH3 is 1. The predicted molar refractivity (Wildman–Crippen MR) is 170 cm³/mol. The van der Waals surface area contributed by atoms with E-state index in [4.69, 9.17) is 26.1 Å². The molecular weight excluding hydrogens is 571 g/mol. The van der Waals surface area contributed by atoms with Gasteiger partial charge in [0, 0.05) is 21.8 Å². The second-order valence-corrected chi connectivity index (χ2v) is 13.1. The van der Waals surface area contributed by atoms with Crippen LogP contribution in [-0.2, 0) is 19.4 Å². The Balaban J connectivity index is 1.41. The van der Waals surface area contributed by atoms with E-state index >= 15 is 0 Å². The van der Waals surface area contributed by atoms with E-state index < -0.39 is 0 Å². The molecule has 0 fully saturated rings. The first kappa shape index (κ1) is 29.8. The van der Waals surface area contributed by atoms with Crippen molar-refractivity contribution >= 4 is 45.7 Å². The molecule has 0 saturated carbocycles. The van der Waals surface area contributed by atoms with Crippen LogP contribution >= 0.6 is 22.9 Å². The number of nitrogens with one attached hydrogen (secondary N) is 1. The van der Waals surface area contributed by atoms with Crippen LogP contribution < -0.4 is 14.8 Å². The molecule has 218 valence electrons. The lowest BCUT2D eigenvalue weighted by Crippen LogP contribution is -2.27. The fraction of sp³-hybridized carbons (Fsp3) is 0.294. The SMILES string of the molecule is COc1cc(C=Nc2sc3c(c2C(=O)Nc2ccc(Cl)cc2)CC[C@H](C(C)(C)C)C3)ccc1OCc1ccc(F)cc1. The number of benzene rings is 3. The normalized spacial score (nSPS) is 15.0. The number of aliphatic imine (C=N–C) groups is 1. The minimum atomic E-state index is -0.286. The number of carbonyl (C=O) groups is 1. The van der Waals surface area contributed by atoms with Crippen LogP contribution in [0.4, 0.5) is 15.1 Å². The smallest absolute Gasteiger partial charge is 0.259 e. The Morgan fingerprint density at radius 3 is 2.52 bits per heavy atom. The number of fused-ring (bicyclic) bond motifs is 1. The summed E-state index contributed by atoms with van der Waals surface area (Å²) in [6.07, 6.45) is 4.58. The molecule has 1 amide bonds. The summed E-state index contributed by atoms with van der Waals surface area (Å²) >= 11 is 7.64. The van der Waals surface area contributed by atoms with Crippen LogP contribution in [0.15, 0.2) is 71.7 Å². The van der Waals surface area contributed by atoms with Gasteiger partial charge in [0.25, 0.3) is 5.91 Å². The van der Waals surface area contributed by atoms with Gasteiger partial charge in [-0.25, -0.2) is 9.38 Å². The van der Waals surface area contributed by atoms with Crippen molar-refractivity contribution in [2.45, 2.75) is 46.6 Å². The average molecular weight is 605 g/mol. The van der Waals surface area contributed by atoms with E-state index in [-0.39, 0.29) is 23.7 Å². The van der Waals surface area contributed by atoms with E-state index in [1.807, 2.05) is 18.2 Å². The summed E-state index contributed by atoms with van der Waals surface area (Å²) < 4.78 is 24.7. The fourth-order valence-corrected chi connectivity index (χ4v) is 6.52. The van der Waals surface area contributed by atoms with Gasteiger partial charge in [0.2, 0.25) is 0 Å². The van der Waals surface area contributed by atoms with E-state index in [1.54, 1.807) is 61.1 Å². The first-order chi connectivity index (χ1) is 20.1. The molecule has 1 heterocycles. The summed E-state index contributed by atoms with van der Waals surface area (Å²) in [7, 11) is 1.58. The molecule has 0 radical (unpaired) electrons. The number of ether oxygens (including phenoxy) is 2. The van der Waals surface area contributed by atoms with Crippen molar-refractivity contribution < 1.29 is 18.7 Å². The number of hydrogen-bond acceptors (Lipinski definition) is 5. The molecule has 1 atom stereocenters. The lowest BCUT2D eigenvalue weighted by Gasteiger charge is -2.33. The van der Waals surface area contributed by atoms with Crippen molar-refractivity contribution in [3.8, 4) is 11.5 Å². The molecule has 8 heteroatoms. The molecule has 5 nitrogen and oxygen atoms in total. The molecule has 3 aromatic carbocycles.